The van der Waals surface area contributed by atoms with Crippen LogP contribution in [0.4, 0.5) is 0 Å². The van der Waals surface area contributed by atoms with Gasteiger partial charge in [0, 0.05) is 45.2 Å². The smallest absolute Gasteiger partial charge is 0.221 e. The van der Waals surface area contributed by atoms with E-state index >= 15 is 0 Å². The molecule has 1 saturated heterocycles. The molecule has 0 aromatic carbocycles. The number of amides is 1. The Bertz CT molecular complexity index is 285. The van der Waals surface area contributed by atoms with Gasteiger partial charge < -0.3 is 20.9 Å². The average Bonchev–Trinajstić information content (AvgIpc) is 3.21. The van der Waals surface area contributed by atoms with Crippen molar-refractivity contribution in [2.45, 2.75) is 31.7 Å². The van der Waals surface area contributed by atoms with Crippen LogP contribution in [0.15, 0.2) is 0 Å². The highest BCUT2D eigenvalue weighted by atomic mass is 16.1. The number of hydrogen-bond acceptors (Lipinski definition) is 4. The fourth-order valence-corrected chi connectivity index (χ4v) is 2.58. The molecule has 2 rings (SSSR count). The van der Waals surface area contributed by atoms with E-state index in [1.165, 1.54) is 12.8 Å². The van der Waals surface area contributed by atoms with Crippen LogP contribution in [0.1, 0.15) is 25.7 Å². The quantitative estimate of drug-likeness (QED) is 0.631. The Morgan fingerprint density at radius 1 is 1.32 bits per heavy atom. The molecule has 19 heavy (non-hydrogen) atoms. The molecule has 1 aliphatic carbocycles. The lowest BCUT2D eigenvalue weighted by molar-refractivity contribution is -0.121. The van der Waals surface area contributed by atoms with Gasteiger partial charge in [0.05, 0.1) is 0 Å². The fourth-order valence-electron chi connectivity index (χ4n) is 2.58. The maximum atomic E-state index is 11.7. The Labute approximate surface area is 116 Å². The molecule has 1 saturated carbocycles. The number of nitrogens with two attached hydrogens (primary N) is 1. The lowest BCUT2D eigenvalue weighted by Crippen LogP contribution is -2.45. The van der Waals surface area contributed by atoms with Gasteiger partial charge in [-0.15, -0.1) is 0 Å². The first-order valence-electron chi connectivity index (χ1n) is 7.58. The highest BCUT2D eigenvalue weighted by Crippen LogP contribution is 2.32. The second kappa shape index (κ2) is 7.22. The summed E-state index contributed by atoms with van der Waals surface area (Å²) in [7, 11) is 2.17. The Morgan fingerprint density at radius 3 is 2.63 bits per heavy atom. The lowest BCUT2D eigenvalue weighted by atomic mass is 10.1. The molecule has 5 nitrogen and oxygen atoms in total. The summed E-state index contributed by atoms with van der Waals surface area (Å²) in [5.74, 6) is 0.730. The van der Waals surface area contributed by atoms with Gasteiger partial charge in [0.1, 0.15) is 0 Å². The van der Waals surface area contributed by atoms with Crippen LogP contribution in [0.5, 0.6) is 0 Å². The van der Waals surface area contributed by atoms with Gasteiger partial charge in [-0.1, -0.05) is 0 Å². The van der Waals surface area contributed by atoms with Gasteiger partial charge in [0.15, 0.2) is 0 Å². The molecule has 2 aliphatic rings. The molecule has 1 heterocycles. The Balaban J connectivity index is 1.48. The number of likely N-dealkylation sites (N-methyl/N-ethyl adjacent to an activating group) is 1. The molecule has 5 heteroatoms. The monoisotopic (exact) mass is 268 g/mol. The zero-order valence-electron chi connectivity index (χ0n) is 12.1. The van der Waals surface area contributed by atoms with Crippen LogP contribution >= 0.6 is 0 Å². The molecule has 0 bridgehead atoms. The second-order valence-corrected chi connectivity index (χ2v) is 6.05. The van der Waals surface area contributed by atoms with E-state index in [1.54, 1.807) is 0 Å². The summed E-state index contributed by atoms with van der Waals surface area (Å²) < 4.78 is 0. The number of rotatable bonds is 7. The van der Waals surface area contributed by atoms with Gasteiger partial charge >= 0.3 is 0 Å². The molecule has 0 spiro atoms. The summed E-state index contributed by atoms with van der Waals surface area (Å²) in [4.78, 5) is 16.5. The molecule has 1 unspecified atom stereocenters. The Hall–Kier alpha value is -0.650. The molecule has 0 aromatic heterocycles. The summed E-state index contributed by atoms with van der Waals surface area (Å²) >= 11 is 0. The molecule has 1 atom stereocenters. The fraction of sp³-hybridized carbons (Fsp3) is 0.929. The summed E-state index contributed by atoms with van der Waals surface area (Å²) in [6.07, 6.45) is 3.95. The van der Waals surface area contributed by atoms with E-state index in [2.05, 4.69) is 22.2 Å². The minimum atomic E-state index is 0.0811. The van der Waals surface area contributed by atoms with Crippen LogP contribution in [0.25, 0.3) is 0 Å². The van der Waals surface area contributed by atoms with E-state index in [9.17, 15) is 4.79 Å². The normalized spacial score (nSPS) is 23.3. The van der Waals surface area contributed by atoms with Crippen molar-refractivity contribution in [3.8, 4) is 0 Å². The predicted octanol–water partition coefficient (Wildman–Crippen LogP) is -0.132. The van der Waals surface area contributed by atoms with Crippen LogP contribution in [0, 0.1) is 5.92 Å². The maximum absolute atomic E-state index is 11.7. The van der Waals surface area contributed by atoms with Crippen molar-refractivity contribution in [2.75, 3.05) is 46.3 Å². The first kappa shape index (κ1) is 14.8. The SMILES string of the molecule is CN1CCN(CCCNC(=O)CC(N)C2CC2)CC1. The second-order valence-electron chi connectivity index (χ2n) is 6.05. The highest BCUT2D eigenvalue weighted by Gasteiger charge is 2.29. The molecule has 1 amide bonds. The first-order valence-corrected chi connectivity index (χ1v) is 7.58. The van der Waals surface area contributed by atoms with E-state index in [4.69, 9.17) is 5.73 Å². The molecule has 0 aromatic rings. The van der Waals surface area contributed by atoms with Gasteiger partial charge in [0.25, 0.3) is 0 Å². The minimum absolute atomic E-state index is 0.0811. The largest absolute Gasteiger partial charge is 0.356 e. The van der Waals surface area contributed by atoms with Crippen LogP contribution in [0.3, 0.4) is 0 Å². The third-order valence-electron chi connectivity index (χ3n) is 4.22. The predicted molar refractivity (Wildman–Crippen MR) is 76.9 cm³/mol. The van der Waals surface area contributed by atoms with Crippen LogP contribution < -0.4 is 11.1 Å². The highest BCUT2D eigenvalue weighted by molar-refractivity contribution is 5.76. The molecular weight excluding hydrogens is 240 g/mol. The van der Waals surface area contributed by atoms with Crippen molar-refractivity contribution in [3.63, 3.8) is 0 Å². The maximum Gasteiger partial charge on any atom is 0.221 e. The minimum Gasteiger partial charge on any atom is -0.356 e. The molecule has 0 radical (unpaired) electrons. The zero-order valence-corrected chi connectivity index (χ0v) is 12.1. The average molecular weight is 268 g/mol. The van der Waals surface area contributed by atoms with Crippen molar-refractivity contribution in [1.29, 1.82) is 0 Å². The number of hydrogen-bond donors (Lipinski definition) is 2. The van der Waals surface area contributed by atoms with Crippen LogP contribution in [-0.4, -0.2) is 68.1 Å². The van der Waals surface area contributed by atoms with Crippen LogP contribution in [-0.2, 0) is 4.79 Å². The number of piperazine rings is 1. The Kier molecular flexibility index (Phi) is 5.60. The topological polar surface area (TPSA) is 61.6 Å². The molecule has 3 N–H and O–H groups in total. The van der Waals surface area contributed by atoms with Crippen molar-refractivity contribution < 1.29 is 4.79 Å². The summed E-state index contributed by atoms with van der Waals surface area (Å²) in [5.41, 5.74) is 5.94. The van der Waals surface area contributed by atoms with Crippen molar-refractivity contribution in [1.82, 2.24) is 15.1 Å². The number of nitrogens with zero attached hydrogens (tertiary/aromatic N) is 2. The lowest BCUT2D eigenvalue weighted by Gasteiger charge is -2.32. The third-order valence-corrected chi connectivity index (χ3v) is 4.22. The number of carbonyl (C=O) groups is 1. The molecule has 1 aliphatic heterocycles. The van der Waals surface area contributed by atoms with E-state index in [0.717, 1.165) is 45.7 Å². The van der Waals surface area contributed by atoms with Gasteiger partial charge in [-0.2, -0.15) is 0 Å². The number of carbonyl (C=O) groups excluding carboxylic acids is 1. The van der Waals surface area contributed by atoms with E-state index < -0.39 is 0 Å². The van der Waals surface area contributed by atoms with Gasteiger partial charge in [-0.3, -0.25) is 4.79 Å². The molecule has 2 fully saturated rings. The zero-order chi connectivity index (χ0) is 13.7. The van der Waals surface area contributed by atoms with Crippen molar-refractivity contribution >= 4 is 5.91 Å². The Morgan fingerprint density at radius 2 is 2.00 bits per heavy atom. The van der Waals surface area contributed by atoms with E-state index in [-0.39, 0.29) is 11.9 Å². The van der Waals surface area contributed by atoms with E-state index in [0.29, 0.717) is 12.3 Å². The summed E-state index contributed by atoms with van der Waals surface area (Å²) in [6.45, 7) is 6.48. The van der Waals surface area contributed by atoms with E-state index in [1.807, 2.05) is 0 Å². The summed E-state index contributed by atoms with van der Waals surface area (Å²) in [5, 5.41) is 2.99. The molecular formula is C14H28N4O. The molecule has 110 valence electrons. The van der Waals surface area contributed by atoms with Gasteiger partial charge in [-0.05, 0) is 38.8 Å². The number of nitrogens with one attached hydrogen (secondary N) is 1. The first-order chi connectivity index (χ1) is 9.15. The van der Waals surface area contributed by atoms with Crippen LogP contribution in [0.2, 0.25) is 0 Å². The summed E-state index contributed by atoms with van der Waals surface area (Å²) in [6, 6.07) is 0.0811. The van der Waals surface area contributed by atoms with Crippen molar-refractivity contribution in [3.05, 3.63) is 0 Å². The van der Waals surface area contributed by atoms with Gasteiger partial charge in [-0.25, -0.2) is 0 Å². The standard InChI is InChI=1S/C14H28N4O/c1-17-7-9-18(10-8-17)6-2-5-16-14(19)11-13(15)12-3-4-12/h12-13H,2-11,15H2,1H3,(H,16,19). The van der Waals surface area contributed by atoms with Gasteiger partial charge in [0.2, 0.25) is 5.91 Å². The third kappa shape index (κ3) is 5.47. The van der Waals surface area contributed by atoms with Crippen molar-refractivity contribution in [2.24, 2.45) is 11.7 Å².